The Kier molecular flexibility index (Phi) is 6.07. The van der Waals surface area contributed by atoms with Gasteiger partial charge in [-0.25, -0.2) is 0 Å². The fourth-order valence-electron chi connectivity index (χ4n) is 0.846. The second-order valence-corrected chi connectivity index (χ2v) is 2.67. The molecular formula is C15H12. The maximum Gasteiger partial charge on any atom is -0.0109 e. The first kappa shape index (κ1) is 10.9. The third-order valence-electron chi connectivity index (χ3n) is 1.50. The molecule has 0 aromatic rings. The summed E-state index contributed by atoms with van der Waals surface area (Å²) in [6.07, 6.45) is 23.0. The molecule has 0 atom stereocenters. The van der Waals surface area contributed by atoms with E-state index in [1.807, 2.05) is 60.8 Å². The molecule has 0 aromatic carbocycles. The Morgan fingerprint density at radius 3 is 1.13 bits per heavy atom. The minimum atomic E-state index is 1.79. The first-order valence-corrected chi connectivity index (χ1v) is 4.74. The van der Waals surface area contributed by atoms with E-state index in [1.54, 1.807) is 12.2 Å². The summed E-state index contributed by atoms with van der Waals surface area (Å²) in [4.78, 5) is 0. The van der Waals surface area contributed by atoms with Crippen molar-refractivity contribution in [2.24, 2.45) is 0 Å². The number of rotatable bonds is 0. The Bertz CT molecular complexity index is 406. The van der Waals surface area contributed by atoms with E-state index < -0.39 is 0 Å². The van der Waals surface area contributed by atoms with Gasteiger partial charge in [0.25, 0.3) is 0 Å². The molecule has 0 heteroatoms. The fraction of sp³-hybridized carbons (Fsp3) is 0. The van der Waals surface area contributed by atoms with Crippen LogP contribution in [-0.2, 0) is 0 Å². The quantitative estimate of drug-likeness (QED) is 0.512. The van der Waals surface area contributed by atoms with Crippen molar-refractivity contribution in [2.45, 2.75) is 0 Å². The van der Waals surface area contributed by atoms with E-state index in [2.05, 4.69) is 17.2 Å². The third-order valence-corrected chi connectivity index (χ3v) is 1.50. The molecule has 0 amide bonds. The molecule has 0 aliphatic heterocycles. The molecule has 72 valence electrons. The number of hydrogen-bond acceptors (Lipinski definition) is 0. The van der Waals surface area contributed by atoms with Crippen LogP contribution >= 0.6 is 0 Å². The van der Waals surface area contributed by atoms with Crippen LogP contribution in [0, 0.1) is 0 Å². The van der Waals surface area contributed by atoms with Crippen LogP contribution in [0.25, 0.3) is 0 Å². The summed E-state index contributed by atoms with van der Waals surface area (Å²) in [7, 11) is 0. The molecular weight excluding hydrogens is 180 g/mol. The summed E-state index contributed by atoms with van der Waals surface area (Å²) in [5.41, 5.74) is 8.47. The molecule has 0 spiro atoms. The second-order valence-electron chi connectivity index (χ2n) is 2.67. The van der Waals surface area contributed by atoms with Crippen LogP contribution in [0.3, 0.4) is 0 Å². The molecule has 0 aromatic heterocycles. The molecule has 0 saturated heterocycles. The molecule has 0 nitrogen and oxygen atoms in total. The summed E-state index contributed by atoms with van der Waals surface area (Å²) in [6, 6.07) is 0. The van der Waals surface area contributed by atoms with Crippen molar-refractivity contribution in [1.29, 1.82) is 0 Å². The molecule has 0 heterocycles. The molecule has 0 radical (unpaired) electrons. The average molecular weight is 192 g/mol. The molecule has 0 unspecified atom stereocenters. The van der Waals surface area contributed by atoms with Gasteiger partial charge in [0.2, 0.25) is 0 Å². The number of allylic oxidation sites excluding steroid dienone is 12. The van der Waals surface area contributed by atoms with E-state index in [1.165, 1.54) is 0 Å². The molecule has 15 heavy (non-hydrogen) atoms. The first-order valence-electron chi connectivity index (χ1n) is 4.74. The lowest BCUT2D eigenvalue weighted by Crippen LogP contribution is -1.51. The zero-order valence-electron chi connectivity index (χ0n) is 8.43. The summed E-state index contributed by atoms with van der Waals surface area (Å²) in [6.45, 7) is 0. The van der Waals surface area contributed by atoms with Crippen LogP contribution in [0.15, 0.2) is 90.1 Å². The average Bonchev–Trinajstić information content (AvgIpc) is 2.27. The predicted molar refractivity (Wildman–Crippen MR) is 65.4 cm³/mol. The molecule has 1 aliphatic carbocycles. The van der Waals surface area contributed by atoms with Gasteiger partial charge in [0.05, 0.1) is 0 Å². The molecule has 1 aliphatic rings. The Hall–Kier alpha value is -2.22. The van der Waals surface area contributed by atoms with Crippen LogP contribution < -0.4 is 0 Å². The van der Waals surface area contributed by atoms with Crippen LogP contribution in [0.4, 0.5) is 0 Å². The van der Waals surface area contributed by atoms with E-state index in [0.717, 1.165) is 0 Å². The van der Waals surface area contributed by atoms with Crippen LogP contribution in [0.1, 0.15) is 0 Å². The number of hydrogen-bond donors (Lipinski definition) is 0. The standard InChI is InChI=1S/C15H12/c1-2-4-6-8-10-12-14-15-13-11-9-7-5-3-1/h1-12H/b2-1+,5-3-,6-4+,9-7+,10-8-. The molecule has 1 rings (SSSR count). The Balaban J connectivity index is 2.89. The highest BCUT2D eigenvalue weighted by Gasteiger charge is 1.63. The zero-order chi connectivity index (χ0) is 10.6. The van der Waals surface area contributed by atoms with E-state index in [4.69, 9.17) is 0 Å². The fourth-order valence-corrected chi connectivity index (χ4v) is 0.846. The van der Waals surface area contributed by atoms with Crippen molar-refractivity contribution in [3.05, 3.63) is 90.1 Å². The summed E-state index contributed by atoms with van der Waals surface area (Å²) in [5, 5.41) is 0. The van der Waals surface area contributed by atoms with Gasteiger partial charge < -0.3 is 0 Å². The molecule has 0 saturated carbocycles. The summed E-state index contributed by atoms with van der Waals surface area (Å²) in [5.74, 6) is 0. The summed E-state index contributed by atoms with van der Waals surface area (Å²) >= 11 is 0. The molecule has 0 bridgehead atoms. The van der Waals surface area contributed by atoms with Crippen LogP contribution in [0.5, 0.6) is 0 Å². The van der Waals surface area contributed by atoms with Gasteiger partial charge in [0, 0.05) is 0 Å². The lowest BCUT2D eigenvalue weighted by molar-refractivity contribution is 1.84. The van der Waals surface area contributed by atoms with Crippen molar-refractivity contribution in [2.75, 3.05) is 0 Å². The minimum absolute atomic E-state index is 1.79. The van der Waals surface area contributed by atoms with Crippen molar-refractivity contribution < 1.29 is 0 Å². The van der Waals surface area contributed by atoms with Crippen molar-refractivity contribution >= 4 is 0 Å². The van der Waals surface area contributed by atoms with E-state index in [0.29, 0.717) is 0 Å². The normalized spacial score (nSPS) is 25.1. The lowest BCUT2D eigenvalue weighted by atomic mass is 10.3. The Morgan fingerprint density at radius 1 is 0.400 bits per heavy atom. The topological polar surface area (TPSA) is 0 Å². The van der Waals surface area contributed by atoms with Crippen LogP contribution in [0.2, 0.25) is 0 Å². The maximum absolute atomic E-state index is 2.85. The minimum Gasteiger partial charge on any atom is -0.0623 e. The highest BCUT2D eigenvalue weighted by atomic mass is 13.7. The van der Waals surface area contributed by atoms with Gasteiger partial charge in [-0.3, -0.25) is 0 Å². The van der Waals surface area contributed by atoms with Gasteiger partial charge in [0.15, 0.2) is 0 Å². The molecule has 0 fully saturated rings. The summed E-state index contributed by atoms with van der Waals surface area (Å²) < 4.78 is 0. The predicted octanol–water partition coefficient (Wildman–Crippen LogP) is 3.80. The van der Waals surface area contributed by atoms with E-state index >= 15 is 0 Å². The zero-order valence-corrected chi connectivity index (χ0v) is 8.43. The monoisotopic (exact) mass is 192 g/mol. The largest absolute Gasteiger partial charge is 0.0623 e. The smallest absolute Gasteiger partial charge is 0.0109 e. The van der Waals surface area contributed by atoms with Crippen molar-refractivity contribution in [3.8, 4) is 0 Å². The Morgan fingerprint density at radius 2 is 0.733 bits per heavy atom. The second kappa shape index (κ2) is 8.38. The third kappa shape index (κ3) is 6.90. The van der Waals surface area contributed by atoms with E-state index in [9.17, 15) is 0 Å². The van der Waals surface area contributed by atoms with Crippen LogP contribution in [-0.4, -0.2) is 0 Å². The van der Waals surface area contributed by atoms with Gasteiger partial charge >= 0.3 is 0 Å². The van der Waals surface area contributed by atoms with E-state index in [-0.39, 0.29) is 0 Å². The maximum atomic E-state index is 2.85. The lowest BCUT2D eigenvalue weighted by Gasteiger charge is -1.73. The van der Waals surface area contributed by atoms with Gasteiger partial charge in [-0.05, 0) is 17.9 Å². The van der Waals surface area contributed by atoms with Gasteiger partial charge in [-0.15, -0.1) is 0 Å². The van der Waals surface area contributed by atoms with Crippen molar-refractivity contribution in [1.82, 2.24) is 0 Å². The highest BCUT2D eigenvalue weighted by molar-refractivity contribution is 5.20. The highest BCUT2D eigenvalue weighted by Crippen LogP contribution is 1.85. The molecule has 0 N–H and O–H groups in total. The Labute approximate surface area is 90.6 Å². The SMILES string of the molecule is C1=C=C\C=C/C=C/C=C/C=C\C=C\C=C=1. The van der Waals surface area contributed by atoms with Gasteiger partial charge in [-0.1, -0.05) is 72.2 Å². The van der Waals surface area contributed by atoms with Gasteiger partial charge in [-0.2, -0.15) is 0 Å². The first-order chi connectivity index (χ1) is 7.50. The van der Waals surface area contributed by atoms with Crippen molar-refractivity contribution in [3.63, 3.8) is 0 Å². The van der Waals surface area contributed by atoms with Gasteiger partial charge in [0.1, 0.15) is 0 Å².